The van der Waals surface area contributed by atoms with E-state index in [1.807, 2.05) is 36.4 Å². The van der Waals surface area contributed by atoms with Crippen molar-refractivity contribution in [3.8, 4) is 5.75 Å². The first-order valence-corrected chi connectivity index (χ1v) is 9.82. The lowest BCUT2D eigenvalue weighted by Crippen LogP contribution is -2.36. The summed E-state index contributed by atoms with van der Waals surface area (Å²) < 4.78 is 5.28. The summed E-state index contributed by atoms with van der Waals surface area (Å²) >= 11 is 0. The van der Waals surface area contributed by atoms with Gasteiger partial charge in [-0.25, -0.2) is 0 Å². The van der Waals surface area contributed by atoms with Crippen LogP contribution in [0.25, 0.3) is 10.8 Å². The number of halogens is 1. The number of nitrogens with one attached hydrogen (secondary N) is 2. The molecule has 3 rings (SSSR count). The molecule has 3 aromatic carbocycles. The maximum Gasteiger partial charge on any atom is 0.253 e. The third-order valence-electron chi connectivity index (χ3n) is 4.86. The van der Waals surface area contributed by atoms with Crippen molar-refractivity contribution in [2.45, 2.75) is 13.1 Å². The van der Waals surface area contributed by atoms with Crippen LogP contribution < -0.4 is 15.4 Å². The molecule has 0 aliphatic rings. The number of amides is 1. The van der Waals surface area contributed by atoms with Gasteiger partial charge in [0, 0.05) is 39.8 Å². The van der Waals surface area contributed by atoms with E-state index in [2.05, 4.69) is 39.9 Å². The van der Waals surface area contributed by atoms with E-state index in [-0.39, 0.29) is 29.9 Å². The number of methoxy groups -OCH3 is 1. The Morgan fingerprint density at radius 2 is 1.48 bits per heavy atom. The zero-order valence-electron chi connectivity index (χ0n) is 18.3. The first-order valence-electron chi connectivity index (χ1n) is 9.82. The van der Waals surface area contributed by atoms with Crippen molar-refractivity contribution >= 4 is 46.6 Å². The minimum Gasteiger partial charge on any atom is -0.497 e. The Labute approximate surface area is 200 Å². The van der Waals surface area contributed by atoms with Crippen molar-refractivity contribution < 1.29 is 9.53 Å². The number of fused-ring (bicyclic) bond motifs is 1. The number of nitrogens with zero attached hydrogens (tertiary/aromatic N) is 2. The third-order valence-corrected chi connectivity index (χ3v) is 4.86. The van der Waals surface area contributed by atoms with Gasteiger partial charge in [-0.1, -0.05) is 30.3 Å². The second-order valence-corrected chi connectivity index (χ2v) is 7.22. The fourth-order valence-corrected chi connectivity index (χ4v) is 3.13. The molecule has 6 nitrogen and oxygen atoms in total. The first-order chi connectivity index (χ1) is 14.5. The van der Waals surface area contributed by atoms with Crippen LogP contribution in [0.1, 0.15) is 21.5 Å². The smallest absolute Gasteiger partial charge is 0.253 e. The summed E-state index contributed by atoms with van der Waals surface area (Å²) in [6.07, 6.45) is 0. The number of carbonyl (C=O) groups excluding carboxylic acids is 1. The van der Waals surface area contributed by atoms with E-state index in [4.69, 9.17) is 4.74 Å². The lowest BCUT2D eigenvalue weighted by Gasteiger charge is -2.13. The molecule has 0 aliphatic heterocycles. The first kappa shape index (κ1) is 24.5. The highest BCUT2D eigenvalue weighted by Crippen LogP contribution is 2.21. The van der Waals surface area contributed by atoms with E-state index < -0.39 is 0 Å². The average Bonchev–Trinajstić information content (AvgIpc) is 2.78. The van der Waals surface area contributed by atoms with Crippen LogP contribution in [0, 0.1) is 0 Å². The fourth-order valence-electron chi connectivity index (χ4n) is 3.13. The van der Waals surface area contributed by atoms with Crippen molar-refractivity contribution in [3.05, 3.63) is 77.4 Å². The Kier molecular flexibility index (Phi) is 9.11. The third kappa shape index (κ3) is 6.58. The van der Waals surface area contributed by atoms with Crippen LogP contribution in [0.3, 0.4) is 0 Å². The van der Waals surface area contributed by atoms with Gasteiger partial charge >= 0.3 is 0 Å². The van der Waals surface area contributed by atoms with Crippen LogP contribution in [0.5, 0.6) is 5.75 Å². The number of rotatable bonds is 6. The molecular weight excluding hydrogens is 503 g/mol. The number of hydrogen-bond acceptors (Lipinski definition) is 3. The van der Waals surface area contributed by atoms with E-state index in [9.17, 15) is 4.79 Å². The predicted molar refractivity (Wildman–Crippen MR) is 137 cm³/mol. The van der Waals surface area contributed by atoms with E-state index in [0.29, 0.717) is 18.7 Å². The maximum atomic E-state index is 12.0. The summed E-state index contributed by atoms with van der Waals surface area (Å²) in [5.74, 6) is 1.58. The Balaban J connectivity index is 0.00000341. The van der Waals surface area contributed by atoms with E-state index in [1.165, 1.54) is 10.9 Å². The Hall–Kier alpha value is -2.81. The summed E-state index contributed by atoms with van der Waals surface area (Å²) in [6.45, 7) is 1.28. The summed E-state index contributed by atoms with van der Waals surface area (Å²) in [7, 11) is 6.93. The van der Waals surface area contributed by atoms with Crippen molar-refractivity contribution in [3.63, 3.8) is 0 Å². The minimum absolute atomic E-state index is 0. The standard InChI is InChI=1S/C24H28N4O2.HI/c1-25-24(26-15-17-5-8-19(9-6-17)23(29)28(2)3)27-16-18-7-10-21-14-22(30-4)12-11-20(21)13-18;/h5-14H,15-16H2,1-4H3,(H2,25,26,27);1H. The molecule has 1 amide bonds. The highest BCUT2D eigenvalue weighted by molar-refractivity contribution is 14.0. The summed E-state index contributed by atoms with van der Waals surface area (Å²) in [5.41, 5.74) is 2.93. The quantitative estimate of drug-likeness (QED) is 0.286. The topological polar surface area (TPSA) is 66.0 Å². The van der Waals surface area contributed by atoms with Gasteiger partial charge in [0.2, 0.25) is 0 Å². The summed E-state index contributed by atoms with van der Waals surface area (Å²) in [4.78, 5) is 17.8. The Bertz CT molecular complexity index is 1050. The van der Waals surface area contributed by atoms with Crippen molar-refractivity contribution in [2.75, 3.05) is 28.3 Å². The molecule has 0 bridgehead atoms. The SMILES string of the molecule is CN=C(NCc1ccc(C(=O)N(C)C)cc1)NCc1ccc2cc(OC)ccc2c1.I. The van der Waals surface area contributed by atoms with Crippen molar-refractivity contribution in [1.29, 1.82) is 0 Å². The van der Waals surface area contributed by atoms with Gasteiger partial charge in [0.05, 0.1) is 7.11 Å². The van der Waals surface area contributed by atoms with Gasteiger partial charge in [0.15, 0.2) is 5.96 Å². The predicted octanol–water partition coefficient (Wildman–Crippen LogP) is 4.03. The highest BCUT2D eigenvalue weighted by atomic mass is 127. The minimum atomic E-state index is 0. The summed E-state index contributed by atoms with van der Waals surface area (Å²) in [5, 5.41) is 8.97. The molecular formula is C24H29IN4O2. The van der Waals surface area contributed by atoms with E-state index >= 15 is 0 Å². The van der Waals surface area contributed by atoms with Gasteiger partial charge in [0.25, 0.3) is 5.91 Å². The van der Waals surface area contributed by atoms with Gasteiger partial charge in [0.1, 0.15) is 5.75 Å². The number of hydrogen-bond donors (Lipinski definition) is 2. The largest absolute Gasteiger partial charge is 0.497 e. The molecule has 2 N–H and O–H groups in total. The van der Waals surface area contributed by atoms with Crippen LogP contribution in [0.2, 0.25) is 0 Å². The van der Waals surface area contributed by atoms with Crippen LogP contribution >= 0.6 is 24.0 Å². The second kappa shape index (κ2) is 11.5. The monoisotopic (exact) mass is 532 g/mol. The van der Waals surface area contributed by atoms with Crippen LogP contribution in [0.15, 0.2) is 65.7 Å². The molecule has 0 unspecified atom stereocenters. The number of benzene rings is 3. The van der Waals surface area contributed by atoms with Gasteiger partial charge in [-0.2, -0.15) is 0 Å². The van der Waals surface area contributed by atoms with Gasteiger partial charge < -0.3 is 20.3 Å². The fraction of sp³-hybridized carbons (Fsp3) is 0.250. The van der Waals surface area contributed by atoms with E-state index in [1.54, 1.807) is 33.2 Å². The number of guanidine groups is 1. The van der Waals surface area contributed by atoms with Gasteiger partial charge in [-0.05, 0) is 52.2 Å². The highest BCUT2D eigenvalue weighted by Gasteiger charge is 2.07. The van der Waals surface area contributed by atoms with Gasteiger partial charge in [-0.15, -0.1) is 24.0 Å². The molecule has 0 aromatic heterocycles. The molecule has 0 saturated heterocycles. The molecule has 31 heavy (non-hydrogen) atoms. The normalized spacial score (nSPS) is 10.9. The molecule has 0 radical (unpaired) electrons. The molecule has 164 valence electrons. The zero-order chi connectivity index (χ0) is 21.5. The molecule has 0 heterocycles. The molecule has 0 aliphatic carbocycles. The average molecular weight is 532 g/mol. The van der Waals surface area contributed by atoms with Crippen molar-refractivity contribution in [2.24, 2.45) is 4.99 Å². The molecule has 3 aromatic rings. The van der Waals surface area contributed by atoms with E-state index in [0.717, 1.165) is 22.7 Å². The number of aliphatic imine (C=N–C) groups is 1. The molecule has 0 spiro atoms. The van der Waals surface area contributed by atoms with Crippen molar-refractivity contribution in [1.82, 2.24) is 15.5 Å². The number of ether oxygens (including phenoxy) is 1. The molecule has 7 heteroatoms. The molecule has 0 saturated carbocycles. The molecule has 0 fully saturated rings. The second-order valence-electron chi connectivity index (χ2n) is 7.22. The number of carbonyl (C=O) groups is 1. The van der Waals surface area contributed by atoms with Crippen LogP contribution in [-0.4, -0.2) is 45.0 Å². The Morgan fingerprint density at radius 1 is 0.903 bits per heavy atom. The lowest BCUT2D eigenvalue weighted by molar-refractivity contribution is 0.0827. The summed E-state index contributed by atoms with van der Waals surface area (Å²) in [6, 6.07) is 20.0. The lowest BCUT2D eigenvalue weighted by atomic mass is 10.1. The van der Waals surface area contributed by atoms with Crippen LogP contribution in [-0.2, 0) is 13.1 Å². The van der Waals surface area contributed by atoms with Crippen LogP contribution in [0.4, 0.5) is 0 Å². The Morgan fingerprint density at radius 3 is 2.10 bits per heavy atom. The maximum absolute atomic E-state index is 12.0. The molecule has 0 atom stereocenters. The zero-order valence-corrected chi connectivity index (χ0v) is 20.6. The van der Waals surface area contributed by atoms with Gasteiger partial charge in [-0.3, -0.25) is 9.79 Å².